The third-order valence-electron chi connectivity index (χ3n) is 2.70. The van der Waals surface area contributed by atoms with Gasteiger partial charge in [0.25, 0.3) is 0 Å². The third-order valence-corrected chi connectivity index (χ3v) is 2.99. The number of carbonyl (C=O) groups excluding carboxylic acids is 1. The summed E-state index contributed by atoms with van der Waals surface area (Å²) in [5.41, 5.74) is 0.672. The number of hydrogen-bond donors (Lipinski definition) is 1. The molecule has 5 heteroatoms. The molecule has 0 bridgehead atoms. The van der Waals surface area contributed by atoms with Gasteiger partial charge in [-0.05, 0) is 38.5 Å². The number of amides is 2. The van der Waals surface area contributed by atoms with Gasteiger partial charge in [0.1, 0.15) is 5.75 Å². The van der Waals surface area contributed by atoms with E-state index in [0.717, 1.165) is 6.42 Å². The lowest BCUT2D eigenvalue weighted by atomic mass is 10.3. The smallest absolute Gasteiger partial charge is 0.321 e. The molecular weight excluding hydrogens is 264 g/mol. The van der Waals surface area contributed by atoms with E-state index >= 15 is 0 Å². The van der Waals surface area contributed by atoms with Gasteiger partial charge in [0.2, 0.25) is 0 Å². The van der Waals surface area contributed by atoms with Crippen molar-refractivity contribution < 1.29 is 9.53 Å². The average Bonchev–Trinajstić information content (AvgIpc) is 2.39. The number of nitrogens with one attached hydrogen (secondary N) is 1. The van der Waals surface area contributed by atoms with Crippen LogP contribution in [0.4, 0.5) is 10.5 Å². The molecule has 0 atom stereocenters. The van der Waals surface area contributed by atoms with E-state index in [-0.39, 0.29) is 6.03 Å². The highest BCUT2D eigenvalue weighted by Crippen LogP contribution is 2.27. The second-order valence-electron chi connectivity index (χ2n) is 4.10. The van der Waals surface area contributed by atoms with Crippen molar-refractivity contribution in [3.8, 4) is 5.75 Å². The Kier molecular flexibility index (Phi) is 6.50. The molecule has 2 amide bonds. The molecule has 4 nitrogen and oxygen atoms in total. The largest absolute Gasteiger partial charge is 0.492 e. The van der Waals surface area contributed by atoms with E-state index in [4.69, 9.17) is 16.3 Å². The number of halogens is 1. The van der Waals surface area contributed by atoms with E-state index < -0.39 is 0 Å². The highest BCUT2D eigenvalue weighted by atomic mass is 35.5. The van der Waals surface area contributed by atoms with Gasteiger partial charge in [-0.1, -0.05) is 18.5 Å². The summed E-state index contributed by atoms with van der Waals surface area (Å²) in [5.74, 6) is 0.643. The highest BCUT2D eigenvalue weighted by molar-refractivity contribution is 6.32. The third kappa shape index (κ3) is 4.63. The van der Waals surface area contributed by atoms with E-state index in [9.17, 15) is 4.79 Å². The molecule has 0 aliphatic heterocycles. The molecule has 19 heavy (non-hydrogen) atoms. The summed E-state index contributed by atoms with van der Waals surface area (Å²) >= 11 is 6.11. The van der Waals surface area contributed by atoms with Crippen LogP contribution in [0, 0.1) is 0 Å². The number of urea groups is 1. The molecular formula is C14H21ClN2O2. The molecule has 1 N–H and O–H groups in total. The zero-order valence-corrected chi connectivity index (χ0v) is 12.5. The molecule has 0 aliphatic rings. The second-order valence-corrected chi connectivity index (χ2v) is 4.50. The van der Waals surface area contributed by atoms with E-state index in [1.807, 2.05) is 20.8 Å². The first-order chi connectivity index (χ1) is 9.12. The molecule has 0 radical (unpaired) electrons. The van der Waals surface area contributed by atoms with Crippen LogP contribution in [0.5, 0.6) is 5.75 Å². The lowest BCUT2D eigenvalue weighted by Gasteiger charge is -2.19. The zero-order valence-electron chi connectivity index (χ0n) is 11.7. The summed E-state index contributed by atoms with van der Waals surface area (Å²) in [6, 6.07) is 5.14. The fourth-order valence-corrected chi connectivity index (χ4v) is 1.86. The van der Waals surface area contributed by atoms with Crippen molar-refractivity contribution in [2.75, 3.05) is 25.0 Å². The molecule has 0 saturated carbocycles. The Morgan fingerprint density at radius 3 is 2.53 bits per heavy atom. The van der Waals surface area contributed by atoms with Gasteiger partial charge in [-0.3, -0.25) is 0 Å². The van der Waals surface area contributed by atoms with Gasteiger partial charge in [-0.15, -0.1) is 0 Å². The number of carbonyl (C=O) groups is 1. The normalized spacial score (nSPS) is 10.1. The Hall–Kier alpha value is -1.42. The molecule has 0 unspecified atom stereocenters. The number of anilines is 1. The second kappa shape index (κ2) is 7.89. The number of hydrogen-bond acceptors (Lipinski definition) is 2. The molecule has 1 aromatic carbocycles. The molecule has 1 rings (SSSR count). The lowest BCUT2D eigenvalue weighted by Crippen LogP contribution is -2.34. The van der Waals surface area contributed by atoms with Gasteiger partial charge in [-0.2, -0.15) is 0 Å². The van der Waals surface area contributed by atoms with Crippen LogP contribution >= 0.6 is 11.6 Å². The standard InChI is InChI=1S/C14H21ClN2O2/c1-4-9-19-13-8-7-11(10-12(13)15)16-14(18)17(5-2)6-3/h7-8,10H,4-6,9H2,1-3H3,(H,16,18). The van der Waals surface area contributed by atoms with E-state index in [1.54, 1.807) is 23.1 Å². The van der Waals surface area contributed by atoms with Crippen LogP contribution in [-0.4, -0.2) is 30.6 Å². The number of benzene rings is 1. The van der Waals surface area contributed by atoms with Gasteiger partial charge >= 0.3 is 6.03 Å². The van der Waals surface area contributed by atoms with Crippen molar-refractivity contribution >= 4 is 23.3 Å². The van der Waals surface area contributed by atoms with Crippen molar-refractivity contribution in [2.24, 2.45) is 0 Å². The fourth-order valence-electron chi connectivity index (χ4n) is 1.62. The van der Waals surface area contributed by atoms with E-state index in [1.165, 1.54) is 0 Å². The summed E-state index contributed by atoms with van der Waals surface area (Å²) in [6.07, 6.45) is 0.927. The fraction of sp³-hybridized carbons (Fsp3) is 0.500. The van der Waals surface area contributed by atoms with Gasteiger partial charge in [-0.25, -0.2) is 4.79 Å². The van der Waals surface area contributed by atoms with Crippen molar-refractivity contribution in [2.45, 2.75) is 27.2 Å². The minimum absolute atomic E-state index is 0.122. The quantitative estimate of drug-likeness (QED) is 0.858. The first-order valence-electron chi connectivity index (χ1n) is 6.60. The minimum atomic E-state index is -0.122. The molecule has 1 aromatic rings. The van der Waals surface area contributed by atoms with Crippen LogP contribution < -0.4 is 10.1 Å². The Bertz CT molecular complexity index is 420. The molecule has 0 heterocycles. The summed E-state index contributed by atoms with van der Waals surface area (Å²) in [7, 11) is 0. The Morgan fingerprint density at radius 1 is 1.32 bits per heavy atom. The maximum Gasteiger partial charge on any atom is 0.321 e. The molecule has 0 aliphatic carbocycles. The molecule has 0 saturated heterocycles. The monoisotopic (exact) mass is 284 g/mol. The van der Waals surface area contributed by atoms with Gasteiger partial charge in [0.05, 0.1) is 11.6 Å². The number of ether oxygens (including phenoxy) is 1. The minimum Gasteiger partial charge on any atom is -0.492 e. The maximum absolute atomic E-state index is 11.9. The topological polar surface area (TPSA) is 41.6 Å². The maximum atomic E-state index is 11.9. The molecule has 0 aromatic heterocycles. The first-order valence-corrected chi connectivity index (χ1v) is 6.98. The van der Waals surface area contributed by atoms with Crippen molar-refractivity contribution in [3.63, 3.8) is 0 Å². The average molecular weight is 285 g/mol. The van der Waals surface area contributed by atoms with Crippen LogP contribution in [0.15, 0.2) is 18.2 Å². The summed E-state index contributed by atoms with van der Waals surface area (Å²) in [4.78, 5) is 13.6. The SMILES string of the molecule is CCCOc1ccc(NC(=O)N(CC)CC)cc1Cl. The van der Waals surface area contributed by atoms with Gasteiger partial charge < -0.3 is 15.0 Å². The summed E-state index contributed by atoms with van der Waals surface area (Å²) < 4.78 is 5.48. The predicted molar refractivity (Wildman–Crippen MR) is 79.2 cm³/mol. The summed E-state index contributed by atoms with van der Waals surface area (Å²) in [5, 5.41) is 3.32. The zero-order chi connectivity index (χ0) is 14.3. The Morgan fingerprint density at radius 2 is 2.00 bits per heavy atom. The van der Waals surface area contributed by atoms with Crippen LogP contribution in [0.25, 0.3) is 0 Å². The predicted octanol–water partition coefficient (Wildman–Crippen LogP) is 4.00. The summed E-state index contributed by atoms with van der Waals surface area (Å²) in [6.45, 7) is 7.90. The lowest BCUT2D eigenvalue weighted by molar-refractivity contribution is 0.217. The van der Waals surface area contributed by atoms with Crippen molar-refractivity contribution in [1.29, 1.82) is 0 Å². The van der Waals surface area contributed by atoms with E-state index in [2.05, 4.69) is 5.32 Å². The van der Waals surface area contributed by atoms with Gasteiger partial charge in [0.15, 0.2) is 0 Å². The Labute approximate surface area is 119 Å². The van der Waals surface area contributed by atoms with Crippen LogP contribution in [0.2, 0.25) is 5.02 Å². The number of rotatable bonds is 6. The van der Waals surface area contributed by atoms with Crippen LogP contribution in [0.1, 0.15) is 27.2 Å². The first kappa shape index (κ1) is 15.6. The van der Waals surface area contributed by atoms with Crippen molar-refractivity contribution in [3.05, 3.63) is 23.2 Å². The molecule has 0 fully saturated rings. The number of nitrogens with zero attached hydrogens (tertiary/aromatic N) is 1. The van der Waals surface area contributed by atoms with Crippen molar-refractivity contribution in [1.82, 2.24) is 4.90 Å². The van der Waals surface area contributed by atoms with E-state index in [0.29, 0.717) is 36.2 Å². The molecule has 0 spiro atoms. The molecule has 106 valence electrons. The Balaban J connectivity index is 2.70. The highest BCUT2D eigenvalue weighted by Gasteiger charge is 2.10. The van der Waals surface area contributed by atoms with Crippen LogP contribution in [-0.2, 0) is 0 Å². The van der Waals surface area contributed by atoms with Crippen LogP contribution in [0.3, 0.4) is 0 Å². The van der Waals surface area contributed by atoms with Gasteiger partial charge in [0, 0.05) is 18.8 Å².